The lowest BCUT2D eigenvalue weighted by molar-refractivity contribution is -0.385. The third-order valence-electron chi connectivity index (χ3n) is 4.00. The van der Waals surface area contributed by atoms with E-state index in [1.54, 1.807) is 13.2 Å². The van der Waals surface area contributed by atoms with Crippen molar-refractivity contribution in [2.75, 3.05) is 38.8 Å². The van der Waals surface area contributed by atoms with Gasteiger partial charge in [0.2, 0.25) is 5.82 Å². The van der Waals surface area contributed by atoms with Gasteiger partial charge in [0.15, 0.2) is 5.16 Å². The van der Waals surface area contributed by atoms with Crippen molar-refractivity contribution in [3.8, 4) is 11.6 Å². The second-order valence-corrected chi connectivity index (χ2v) is 7.45. The molecule has 15 heteroatoms. The van der Waals surface area contributed by atoms with Gasteiger partial charge in [-0.15, -0.1) is 0 Å². The third kappa shape index (κ3) is 6.69. The number of nitrogens with zero attached hydrogens (tertiary/aromatic N) is 4. The first kappa shape index (κ1) is 26.6. The Labute approximate surface area is 195 Å². The average molecular weight is 503 g/mol. The number of nitro groups is 1. The van der Waals surface area contributed by atoms with Crippen LogP contribution < -0.4 is 10.1 Å². The van der Waals surface area contributed by atoms with Crippen LogP contribution in [0.3, 0.4) is 0 Å². The highest BCUT2D eigenvalue weighted by molar-refractivity contribution is 7.98. The van der Waals surface area contributed by atoms with Crippen LogP contribution in [0.2, 0.25) is 0 Å². The number of ether oxygens (including phenoxy) is 2. The zero-order chi connectivity index (χ0) is 25.6. The lowest BCUT2D eigenvalue weighted by Gasteiger charge is -2.15. The first-order valence-electron chi connectivity index (χ1n) is 9.49. The van der Waals surface area contributed by atoms with Crippen molar-refractivity contribution < 1.29 is 37.2 Å². The number of amides is 1. The first-order valence-corrected chi connectivity index (χ1v) is 10.7. The third-order valence-corrected chi connectivity index (χ3v) is 4.55. The van der Waals surface area contributed by atoms with E-state index < -0.39 is 58.2 Å². The number of halogens is 3. The normalized spacial score (nSPS) is 11.0. The van der Waals surface area contributed by atoms with Crippen molar-refractivity contribution in [1.29, 1.82) is 0 Å². The number of thioether (sulfide) groups is 1. The number of carbonyl (C=O) groups excluding carboxylic acids is 2. The summed E-state index contributed by atoms with van der Waals surface area (Å²) < 4.78 is 50.4. The quantitative estimate of drug-likeness (QED) is 0.178. The van der Waals surface area contributed by atoms with Gasteiger partial charge in [-0.2, -0.15) is 23.1 Å². The van der Waals surface area contributed by atoms with Crippen molar-refractivity contribution in [3.63, 3.8) is 0 Å². The molecule has 0 saturated carbocycles. The van der Waals surface area contributed by atoms with E-state index in [1.807, 2.05) is 0 Å². The summed E-state index contributed by atoms with van der Waals surface area (Å²) in [4.78, 5) is 43.6. The number of anilines is 1. The molecule has 1 aromatic carbocycles. The minimum Gasteiger partial charge on any atom is -0.465 e. The number of hydrogen-bond acceptors (Lipinski definition) is 10. The number of alkyl halides is 3. The molecule has 0 atom stereocenters. The summed E-state index contributed by atoms with van der Waals surface area (Å²) in [5.41, 5.74) is -2.37. The van der Waals surface area contributed by atoms with E-state index in [0.29, 0.717) is 12.1 Å². The molecule has 34 heavy (non-hydrogen) atoms. The Kier molecular flexibility index (Phi) is 8.62. The Hall–Kier alpha value is -3.62. The highest BCUT2D eigenvalue weighted by Gasteiger charge is 2.33. The predicted molar refractivity (Wildman–Crippen MR) is 115 cm³/mol. The molecule has 0 saturated heterocycles. The molecule has 0 aliphatic carbocycles. The first-order chi connectivity index (χ1) is 15.9. The molecule has 0 aliphatic heterocycles. The van der Waals surface area contributed by atoms with E-state index in [9.17, 15) is 32.9 Å². The summed E-state index contributed by atoms with van der Waals surface area (Å²) in [5.74, 6) is -3.05. The van der Waals surface area contributed by atoms with E-state index in [1.165, 1.54) is 14.1 Å². The smallest absolute Gasteiger partial charge is 0.416 e. The molecule has 11 nitrogen and oxygen atoms in total. The van der Waals surface area contributed by atoms with Crippen LogP contribution >= 0.6 is 11.8 Å². The monoisotopic (exact) mass is 503 g/mol. The van der Waals surface area contributed by atoms with Crippen LogP contribution in [-0.2, 0) is 15.7 Å². The Morgan fingerprint density at radius 1 is 1.24 bits per heavy atom. The van der Waals surface area contributed by atoms with Gasteiger partial charge in [0.1, 0.15) is 12.3 Å². The highest BCUT2D eigenvalue weighted by Crippen LogP contribution is 2.39. The number of nitrogens with one attached hydrogen (secondary N) is 1. The number of esters is 1. The van der Waals surface area contributed by atoms with Crippen LogP contribution in [0.4, 0.5) is 24.7 Å². The van der Waals surface area contributed by atoms with E-state index in [0.717, 1.165) is 22.7 Å². The van der Waals surface area contributed by atoms with Crippen molar-refractivity contribution >= 4 is 35.1 Å². The molecule has 0 unspecified atom stereocenters. The predicted octanol–water partition coefficient (Wildman–Crippen LogP) is 3.59. The zero-order valence-corrected chi connectivity index (χ0v) is 19.2. The summed E-state index contributed by atoms with van der Waals surface area (Å²) in [6.07, 6.45) is -3.27. The molecule has 1 aromatic heterocycles. The molecule has 2 aromatic rings. The van der Waals surface area contributed by atoms with Crippen LogP contribution in [0, 0.1) is 10.1 Å². The number of benzene rings is 1. The Morgan fingerprint density at radius 2 is 1.91 bits per heavy atom. The van der Waals surface area contributed by atoms with Crippen LogP contribution in [0.5, 0.6) is 11.6 Å². The topological polar surface area (TPSA) is 137 Å². The number of hydrogen-bond donors (Lipinski definition) is 1. The average Bonchev–Trinajstić information content (AvgIpc) is 2.75. The SMILES string of the molecule is CCOC(=O)CNc1nc(SC)nc(Oc2cc(C(=O)N(C)C)cc(C(F)(F)F)c2)c1[N+](=O)[O-]. The lowest BCUT2D eigenvalue weighted by Crippen LogP contribution is -2.22. The maximum atomic E-state index is 13.4. The molecule has 0 spiro atoms. The molecule has 1 heterocycles. The number of carbonyl (C=O) groups is 2. The fourth-order valence-electron chi connectivity index (χ4n) is 2.55. The minimum absolute atomic E-state index is 0.0245. The van der Waals surface area contributed by atoms with Gasteiger partial charge in [0.05, 0.1) is 17.1 Å². The second kappa shape index (κ2) is 11.0. The van der Waals surface area contributed by atoms with Gasteiger partial charge in [0.25, 0.3) is 5.91 Å². The minimum atomic E-state index is -4.82. The van der Waals surface area contributed by atoms with Crippen LogP contribution in [-0.4, -0.2) is 65.2 Å². The fourth-order valence-corrected chi connectivity index (χ4v) is 2.90. The largest absolute Gasteiger partial charge is 0.465 e. The number of aromatic nitrogens is 2. The van der Waals surface area contributed by atoms with Crippen molar-refractivity contribution in [2.24, 2.45) is 0 Å². The van der Waals surface area contributed by atoms with E-state index in [-0.39, 0.29) is 17.3 Å². The van der Waals surface area contributed by atoms with Crippen LogP contribution in [0.15, 0.2) is 23.4 Å². The maximum Gasteiger partial charge on any atom is 0.416 e. The van der Waals surface area contributed by atoms with Gasteiger partial charge in [-0.25, -0.2) is 0 Å². The number of rotatable bonds is 9. The molecule has 184 valence electrons. The van der Waals surface area contributed by atoms with Crippen molar-refractivity contribution in [3.05, 3.63) is 39.4 Å². The van der Waals surface area contributed by atoms with Gasteiger partial charge >= 0.3 is 23.7 Å². The van der Waals surface area contributed by atoms with Gasteiger partial charge in [-0.05, 0) is 31.4 Å². The van der Waals surface area contributed by atoms with Crippen LogP contribution in [0.1, 0.15) is 22.8 Å². The summed E-state index contributed by atoms with van der Waals surface area (Å²) in [7, 11) is 2.70. The highest BCUT2D eigenvalue weighted by atomic mass is 32.2. The Bertz CT molecular complexity index is 1100. The van der Waals surface area contributed by atoms with Gasteiger partial charge in [0, 0.05) is 19.7 Å². The molecule has 0 radical (unpaired) electrons. The zero-order valence-electron chi connectivity index (χ0n) is 18.4. The van der Waals surface area contributed by atoms with Crippen molar-refractivity contribution in [2.45, 2.75) is 18.3 Å². The molecular weight excluding hydrogens is 483 g/mol. The van der Waals surface area contributed by atoms with Crippen molar-refractivity contribution in [1.82, 2.24) is 14.9 Å². The maximum absolute atomic E-state index is 13.4. The molecular formula is C19H20F3N5O6S. The molecule has 0 bridgehead atoms. The van der Waals surface area contributed by atoms with E-state index in [4.69, 9.17) is 9.47 Å². The fraction of sp³-hybridized carbons (Fsp3) is 0.368. The van der Waals surface area contributed by atoms with Crippen LogP contribution in [0.25, 0.3) is 0 Å². The van der Waals surface area contributed by atoms with E-state index >= 15 is 0 Å². The van der Waals surface area contributed by atoms with Gasteiger partial charge < -0.3 is 19.7 Å². The summed E-state index contributed by atoms with van der Waals surface area (Å²) in [6.45, 7) is 1.19. The molecule has 0 aliphatic rings. The molecule has 1 N–H and O–H groups in total. The standard InChI is InChI=1S/C19H20F3N5O6S/c1-5-32-13(28)9-23-15-14(27(30)31)16(25-18(24-15)34-4)33-12-7-10(17(29)26(2)3)6-11(8-12)19(20,21)22/h6-8H,5,9H2,1-4H3,(H,23,24,25). The Morgan fingerprint density at radius 3 is 2.44 bits per heavy atom. The summed E-state index contributed by atoms with van der Waals surface area (Å²) in [6, 6.07) is 2.24. The van der Waals surface area contributed by atoms with Gasteiger partial charge in [-0.3, -0.25) is 19.7 Å². The molecule has 2 rings (SSSR count). The second-order valence-electron chi connectivity index (χ2n) is 6.67. The molecule has 1 amide bonds. The lowest BCUT2D eigenvalue weighted by atomic mass is 10.1. The summed E-state index contributed by atoms with van der Waals surface area (Å²) in [5, 5.41) is 14.2. The summed E-state index contributed by atoms with van der Waals surface area (Å²) >= 11 is 0.970. The van der Waals surface area contributed by atoms with Gasteiger partial charge in [-0.1, -0.05) is 11.8 Å². The Balaban J connectivity index is 2.59. The van der Waals surface area contributed by atoms with E-state index in [2.05, 4.69) is 15.3 Å². The molecule has 0 fully saturated rings.